The van der Waals surface area contributed by atoms with Gasteiger partial charge in [0.25, 0.3) is 0 Å². The predicted octanol–water partition coefficient (Wildman–Crippen LogP) is 3.11. The maximum atomic E-state index is 6.02. The Balaban J connectivity index is 1.48. The number of piperidine rings is 1. The van der Waals surface area contributed by atoms with Crippen molar-refractivity contribution in [3.05, 3.63) is 0 Å². The van der Waals surface area contributed by atoms with Crippen molar-refractivity contribution in [2.75, 3.05) is 13.2 Å². The van der Waals surface area contributed by atoms with E-state index in [1.807, 2.05) is 0 Å². The second kappa shape index (κ2) is 4.89. The first kappa shape index (κ1) is 12.0. The molecule has 3 aliphatic rings. The minimum absolute atomic E-state index is 0.338. The fourth-order valence-corrected chi connectivity index (χ4v) is 3.91. The molecule has 2 saturated heterocycles. The zero-order valence-electron chi connectivity index (χ0n) is 11.2. The average Bonchev–Trinajstić information content (AvgIpc) is 2.31. The lowest BCUT2D eigenvalue weighted by atomic mass is 9.70. The van der Waals surface area contributed by atoms with Gasteiger partial charge in [-0.05, 0) is 69.7 Å². The molecule has 3 unspecified atom stereocenters. The highest BCUT2D eigenvalue weighted by Crippen LogP contribution is 2.45. The molecule has 1 N–H and O–H groups in total. The highest BCUT2D eigenvalue weighted by molar-refractivity contribution is 4.95. The molecule has 3 fully saturated rings. The second-order valence-electron chi connectivity index (χ2n) is 6.77. The largest absolute Gasteiger partial charge is 0.375 e. The highest BCUT2D eigenvalue weighted by Gasteiger charge is 2.42. The first-order valence-electron chi connectivity index (χ1n) is 7.63. The van der Waals surface area contributed by atoms with Gasteiger partial charge in [0, 0.05) is 12.6 Å². The van der Waals surface area contributed by atoms with Crippen molar-refractivity contribution in [2.24, 2.45) is 11.8 Å². The molecule has 3 atom stereocenters. The Labute approximate surface area is 105 Å². The Morgan fingerprint density at radius 1 is 1.24 bits per heavy atom. The lowest BCUT2D eigenvalue weighted by Gasteiger charge is -2.48. The Kier molecular flexibility index (Phi) is 3.45. The van der Waals surface area contributed by atoms with Gasteiger partial charge >= 0.3 is 0 Å². The quantitative estimate of drug-likeness (QED) is 0.797. The standard InChI is InChI=1S/C15H27NO/c1-12-3-4-14(16-11-12)9-13-5-8-17-15(10-13)6-2-7-15/h12-14,16H,2-11H2,1H3. The first-order chi connectivity index (χ1) is 8.26. The Hall–Kier alpha value is -0.0800. The second-order valence-corrected chi connectivity index (χ2v) is 6.77. The van der Waals surface area contributed by atoms with Crippen LogP contribution in [0.3, 0.4) is 0 Å². The van der Waals surface area contributed by atoms with Crippen molar-refractivity contribution in [3.63, 3.8) is 0 Å². The molecule has 3 rings (SSSR count). The van der Waals surface area contributed by atoms with Gasteiger partial charge in [0.15, 0.2) is 0 Å². The van der Waals surface area contributed by atoms with Crippen LogP contribution in [0.25, 0.3) is 0 Å². The van der Waals surface area contributed by atoms with E-state index >= 15 is 0 Å². The third-order valence-corrected chi connectivity index (χ3v) is 5.24. The molecular formula is C15H27NO. The lowest BCUT2D eigenvalue weighted by molar-refractivity contribution is -0.145. The van der Waals surface area contributed by atoms with Crippen molar-refractivity contribution in [1.29, 1.82) is 0 Å². The molecule has 98 valence electrons. The number of rotatable bonds is 2. The fourth-order valence-electron chi connectivity index (χ4n) is 3.91. The van der Waals surface area contributed by atoms with Crippen molar-refractivity contribution in [3.8, 4) is 0 Å². The van der Waals surface area contributed by atoms with Crippen LogP contribution in [-0.4, -0.2) is 24.8 Å². The van der Waals surface area contributed by atoms with Crippen LogP contribution in [0.1, 0.15) is 58.3 Å². The van der Waals surface area contributed by atoms with E-state index in [4.69, 9.17) is 4.74 Å². The molecule has 0 aromatic heterocycles. The first-order valence-corrected chi connectivity index (χ1v) is 7.63. The van der Waals surface area contributed by atoms with E-state index in [-0.39, 0.29) is 0 Å². The summed E-state index contributed by atoms with van der Waals surface area (Å²) in [6, 6.07) is 0.798. The molecule has 2 nitrogen and oxygen atoms in total. The van der Waals surface area contributed by atoms with Crippen LogP contribution in [0.4, 0.5) is 0 Å². The summed E-state index contributed by atoms with van der Waals surface area (Å²) in [6.07, 6.45) is 10.9. The Morgan fingerprint density at radius 2 is 2.12 bits per heavy atom. The summed E-state index contributed by atoms with van der Waals surface area (Å²) in [4.78, 5) is 0. The summed E-state index contributed by atoms with van der Waals surface area (Å²) in [5.74, 6) is 1.81. The predicted molar refractivity (Wildman–Crippen MR) is 70.1 cm³/mol. The molecule has 0 radical (unpaired) electrons. The minimum Gasteiger partial charge on any atom is -0.375 e. The topological polar surface area (TPSA) is 21.3 Å². The molecule has 1 saturated carbocycles. The molecule has 2 heteroatoms. The third kappa shape index (κ3) is 2.68. The maximum Gasteiger partial charge on any atom is 0.0685 e. The molecule has 17 heavy (non-hydrogen) atoms. The summed E-state index contributed by atoms with van der Waals surface area (Å²) >= 11 is 0. The van der Waals surface area contributed by atoms with E-state index in [1.165, 1.54) is 57.9 Å². The van der Waals surface area contributed by atoms with Crippen LogP contribution in [0.2, 0.25) is 0 Å². The van der Waals surface area contributed by atoms with Gasteiger partial charge in [-0.1, -0.05) is 6.92 Å². The normalized spacial score (nSPS) is 41.1. The summed E-state index contributed by atoms with van der Waals surface area (Å²) < 4.78 is 6.02. The van der Waals surface area contributed by atoms with E-state index in [9.17, 15) is 0 Å². The number of hydrogen-bond acceptors (Lipinski definition) is 2. The van der Waals surface area contributed by atoms with Gasteiger partial charge in [0.05, 0.1) is 5.60 Å². The van der Waals surface area contributed by atoms with Crippen molar-refractivity contribution < 1.29 is 4.74 Å². The van der Waals surface area contributed by atoms with E-state index in [0.717, 1.165) is 24.5 Å². The molecule has 1 spiro atoms. The average molecular weight is 237 g/mol. The van der Waals surface area contributed by atoms with Gasteiger partial charge in [-0.15, -0.1) is 0 Å². The van der Waals surface area contributed by atoms with Crippen LogP contribution in [0.5, 0.6) is 0 Å². The number of nitrogens with one attached hydrogen (secondary N) is 1. The molecule has 0 bridgehead atoms. The zero-order chi connectivity index (χ0) is 11.7. The summed E-state index contributed by atoms with van der Waals surface area (Å²) in [5.41, 5.74) is 0.338. The molecular weight excluding hydrogens is 210 g/mol. The van der Waals surface area contributed by atoms with Crippen LogP contribution < -0.4 is 5.32 Å². The lowest BCUT2D eigenvalue weighted by Crippen LogP contribution is -2.47. The van der Waals surface area contributed by atoms with Gasteiger partial charge in [-0.2, -0.15) is 0 Å². The SMILES string of the molecule is CC1CCC(CC2CCOC3(CCC3)C2)NC1. The van der Waals surface area contributed by atoms with E-state index in [2.05, 4.69) is 12.2 Å². The summed E-state index contributed by atoms with van der Waals surface area (Å²) in [7, 11) is 0. The molecule has 2 aliphatic heterocycles. The number of ether oxygens (including phenoxy) is 1. The fraction of sp³-hybridized carbons (Fsp3) is 1.00. The minimum atomic E-state index is 0.338. The van der Waals surface area contributed by atoms with E-state index in [1.54, 1.807) is 0 Å². The van der Waals surface area contributed by atoms with Crippen molar-refractivity contribution >= 4 is 0 Å². The summed E-state index contributed by atoms with van der Waals surface area (Å²) in [5, 5.41) is 3.74. The van der Waals surface area contributed by atoms with Gasteiger partial charge < -0.3 is 10.1 Å². The smallest absolute Gasteiger partial charge is 0.0685 e. The zero-order valence-corrected chi connectivity index (χ0v) is 11.2. The van der Waals surface area contributed by atoms with Crippen molar-refractivity contribution in [1.82, 2.24) is 5.32 Å². The van der Waals surface area contributed by atoms with E-state index in [0.29, 0.717) is 5.60 Å². The molecule has 0 aromatic carbocycles. The third-order valence-electron chi connectivity index (χ3n) is 5.24. The molecule has 0 aromatic rings. The maximum absolute atomic E-state index is 6.02. The van der Waals surface area contributed by atoms with Crippen molar-refractivity contribution in [2.45, 2.75) is 69.9 Å². The van der Waals surface area contributed by atoms with Crippen LogP contribution in [0.15, 0.2) is 0 Å². The Morgan fingerprint density at radius 3 is 2.76 bits per heavy atom. The molecule has 2 heterocycles. The van der Waals surface area contributed by atoms with Gasteiger partial charge in [-0.25, -0.2) is 0 Å². The number of hydrogen-bond donors (Lipinski definition) is 1. The van der Waals surface area contributed by atoms with Gasteiger partial charge in [-0.3, -0.25) is 0 Å². The van der Waals surface area contributed by atoms with Crippen LogP contribution in [-0.2, 0) is 4.74 Å². The van der Waals surface area contributed by atoms with Crippen LogP contribution >= 0.6 is 0 Å². The molecule has 0 amide bonds. The Bertz CT molecular complexity index is 254. The van der Waals surface area contributed by atoms with Gasteiger partial charge in [0.1, 0.15) is 0 Å². The van der Waals surface area contributed by atoms with Crippen LogP contribution in [0, 0.1) is 11.8 Å². The molecule has 1 aliphatic carbocycles. The monoisotopic (exact) mass is 237 g/mol. The van der Waals surface area contributed by atoms with Gasteiger partial charge in [0.2, 0.25) is 0 Å². The highest BCUT2D eigenvalue weighted by atomic mass is 16.5. The van der Waals surface area contributed by atoms with E-state index < -0.39 is 0 Å². The summed E-state index contributed by atoms with van der Waals surface area (Å²) in [6.45, 7) is 4.62.